The van der Waals surface area contributed by atoms with E-state index >= 15 is 0 Å². The van der Waals surface area contributed by atoms with Crippen molar-refractivity contribution < 1.29 is 9.53 Å². The van der Waals surface area contributed by atoms with Gasteiger partial charge in [0.1, 0.15) is 0 Å². The summed E-state index contributed by atoms with van der Waals surface area (Å²) in [7, 11) is 0. The Morgan fingerprint density at radius 2 is 1.74 bits per heavy atom. The van der Waals surface area contributed by atoms with Crippen LogP contribution in [-0.2, 0) is 9.53 Å². The van der Waals surface area contributed by atoms with Crippen LogP contribution in [0.1, 0.15) is 44.9 Å². The first kappa shape index (κ1) is 15.9. The molecule has 1 unspecified atom stereocenters. The van der Waals surface area contributed by atoms with E-state index in [1.807, 2.05) is 0 Å². The van der Waals surface area contributed by atoms with E-state index in [0.717, 1.165) is 71.1 Å². The molecule has 5 heteroatoms. The zero-order chi connectivity index (χ0) is 15.6. The Labute approximate surface area is 139 Å². The molecule has 4 rings (SSSR count). The number of ether oxygens (including phenoxy) is 1. The Balaban J connectivity index is 1.35. The van der Waals surface area contributed by atoms with Gasteiger partial charge < -0.3 is 9.64 Å². The highest BCUT2D eigenvalue weighted by atomic mass is 16.5. The van der Waals surface area contributed by atoms with Crippen LogP contribution in [0, 0.1) is 0 Å². The summed E-state index contributed by atoms with van der Waals surface area (Å²) < 4.78 is 5.55. The van der Waals surface area contributed by atoms with Crippen molar-refractivity contribution in [2.24, 2.45) is 0 Å². The van der Waals surface area contributed by atoms with Gasteiger partial charge in [-0.05, 0) is 45.1 Å². The molecule has 1 aliphatic carbocycles. The van der Waals surface area contributed by atoms with Crippen LogP contribution < -0.4 is 0 Å². The molecule has 0 aromatic carbocycles. The van der Waals surface area contributed by atoms with Gasteiger partial charge in [-0.15, -0.1) is 0 Å². The number of hydrogen-bond donors (Lipinski definition) is 0. The van der Waals surface area contributed by atoms with Crippen molar-refractivity contribution in [1.82, 2.24) is 14.7 Å². The van der Waals surface area contributed by atoms with Gasteiger partial charge >= 0.3 is 0 Å². The summed E-state index contributed by atoms with van der Waals surface area (Å²) in [4.78, 5) is 20.4. The van der Waals surface area contributed by atoms with E-state index in [0.29, 0.717) is 11.9 Å². The van der Waals surface area contributed by atoms with Crippen LogP contribution >= 0.6 is 0 Å². The Hall–Kier alpha value is -0.650. The number of carbonyl (C=O) groups excluding carboxylic acids is 1. The molecule has 0 aromatic heterocycles. The van der Waals surface area contributed by atoms with E-state index in [1.165, 1.54) is 25.8 Å². The van der Waals surface area contributed by atoms with Gasteiger partial charge in [-0.2, -0.15) is 0 Å². The number of likely N-dealkylation sites (tertiary alicyclic amines) is 1. The van der Waals surface area contributed by atoms with E-state index in [2.05, 4.69) is 14.7 Å². The zero-order valence-electron chi connectivity index (χ0n) is 14.3. The third kappa shape index (κ3) is 3.28. The van der Waals surface area contributed by atoms with E-state index in [4.69, 9.17) is 4.74 Å². The lowest BCUT2D eigenvalue weighted by Crippen LogP contribution is -2.50. The third-order valence-electron chi connectivity index (χ3n) is 6.39. The van der Waals surface area contributed by atoms with Crippen LogP contribution in [0.4, 0.5) is 0 Å². The lowest BCUT2D eigenvalue weighted by Gasteiger charge is -2.37. The number of rotatable bonds is 3. The largest absolute Gasteiger partial charge is 0.380 e. The topological polar surface area (TPSA) is 36.0 Å². The molecular weight excluding hydrogens is 290 g/mol. The molecule has 1 amide bonds. The predicted octanol–water partition coefficient (Wildman–Crippen LogP) is 1.33. The Bertz CT molecular complexity index is 420. The molecule has 4 aliphatic rings. The number of nitrogens with zero attached hydrogens (tertiary/aromatic N) is 3. The second-order valence-corrected chi connectivity index (χ2v) is 7.71. The molecule has 0 bridgehead atoms. The predicted molar refractivity (Wildman–Crippen MR) is 89.4 cm³/mol. The number of amides is 1. The molecule has 5 nitrogen and oxygen atoms in total. The van der Waals surface area contributed by atoms with Crippen LogP contribution in [0.3, 0.4) is 0 Å². The van der Waals surface area contributed by atoms with Crippen LogP contribution in [-0.4, -0.2) is 84.7 Å². The van der Waals surface area contributed by atoms with Gasteiger partial charge in [0.05, 0.1) is 12.6 Å². The number of hydrogen-bond acceptors (Lipinski definition) is 4. The highest BCUT2D eigenvalue weighted by Gasteiger charge is 2.39. The molecule has 0 N–H and O–H groups in total. The van der Waals surface area contributed by atoms with Crippen LogP contribution in [0.15, 0.2) is 0 Å². The first-order chi connectivity index (χ1) is 11.3. The summed E-state index contributed by atoms with van der Waals surface area (Å²) in [5, 5.41) is 0. The molecule has 0 aromatic rings. The van der Waals surface area contributed by atoms with Crippen molar-refractivity contribution in [2.45, 2.75) is 63.1 Å². The Kier molecular flexibility index (Phi) is 4.88. The van der Waals surface area contributed by atoms with Gasteiger partial charge in [0, 0.05) is 44.9 Å². The molecule has 4 fully saturated rings. The minimum atomic E-state index is 0.122. The van der Waals surface area contributed by atoms with Crippen molar-refractivity contribution in [3.8, 4) is 0 Å². The summed E-state index contributed by atoms with van der Waals surface area (Å²) in [6.45, 7) is 6.90. The average molecular weight is 321 g/mol. The molecule has 23 heavy (non-hydrogen) atoms. The molecule has 3 aliphatic heterocycles. The molecule has 3 heterocycles. The fourth-order valence-electron chi connectivity index (χ4n) is 4.76. The summed E-state index contributed by atoms with van der Waals surface area (Å²) >= 11 is 0. The van der Waals surface area contributed by atoms with E-state index < -0.39 is 0 Å². The van der Waals surface area contributed by atoms with Crippen LogP contribution in [0.2, 0.25) is 0 Å². The first-order valence-corrected chi connectivity index (χ1v) is 9.69. The SMILES string of the molecule is O=C([C@H]1CCCN1C1CCOC1)N1CCCN(C2CCC2)CC1. The summed E-state index contributed by atoms with van der Waals surface area (Å²) in [6, 6.07) is 1.41. The van der Waals surface area contributed by atoms with Crippen molar-refractivity contribution in [3.05, 3.63) is 0 Å². The van der Waals surface area contributed by atoms with Crippen molar-refractivity contribution >= 4 is 5.91 Å². The Morgan fingerprint density at radius 1 is 0.826 bits per heavy atom. The normalized spacial score (nSPS) is 34.5. The molecule has 0 radical (unpaired) electrons. The lowest BCUT2D eigenvalue weighted by molar-refractivity contribution is -0.136. The second-order valence-electron chi connectivity index (χ2n) is 7.71. The van der Waals surface area contributed by atoms with Gasteiger partial charge in [0.25, 0.3) is 0 Å². The maximum atomic E-state index is 13.1. The minimum absolute atomic E-state index is 0.122. The van der Waals surface area contributed by atoms with E-state index in [9.17, 15) is 4.79 Å². The third-order valence-corrected chi connectivity index (χ3v) is 6.39. The van der Waals surface area contributed by atoms with Gasteiger partial charge in [0.15, 0.2) is 0 Å². The van der Waals surface area contributed by atoms with Crippen molar-refractivity contribution in [2.75, 3.05) is 45.9 Å². The highest BCUT2D eigenvalue weighted by Crippen LogP contribution is 2.28. The Morgan fingerprint density at radius 3 is 2.48 bits per heavy atom. The van der Waals surface area contributed by atoms with E-state index in [-0.39, 0.29) is 6.04 Å². The summed E-state index contributed by atoms with van der Waals surface area (Å²) in [5.74, 6) is 0.393. The molecule has 3 saturated heterocycles. The van der Waals surface area contributed by atoms with Crippen LogP contribution in [0.25, 0.3) is 0 Å². The lowest BCUT2D eigenvalue weighted by atomic mass is 9.91. The average Bonchev–Trinajstić information content (AvgIpc) is 3.13. The quantitative estimate of drug-likeness (QED) is 0.786. The molecule has 130 valence electrons. The standard InChI is InChI=1S/C18H31N3O2/c22-18(17-6-2-10-21(17)16-7-13-23-14-16)20-9-3-8-19(11-12-20)15-4-1-5-15/h15-17H,1-14H2/t16?,17-/m1/s1. The first-order valence-electron chi connectivity index (χ1n) is 9.69. The van der Waals surface area contributed by atoms with E-state index in [1.54, 1.807) is 0 Å². The molecular formula is C18H31N3O2. The minimum Gasteiger partial charge on any atom is -0.380 e. The van der Waals surface area contributed by atoms with Gasteiger partial charge in [0.2, 0.25) is 5.91 Å². The molecule has 1 saturated carbocycles. The van der Waals surface area contributed by atoms with Gasteiger partial charge in [-0.25, -0.2) is 0 Å². The maximum Gasteiger partial charge on any atom is 0.239 e. The van der Waals surface area contributed by atoms with Crippen LogP contribution in [0.5, 0.6) is 0 Å². The fraction of sp³-hybridized carbons (Fsp3) is 0.944. The van der Waals surface area contributed by atoms with Crippen molar-refractivity contribution in [3.63, 3.8) is 0 Å². The summed E-state index contributed by atoms with van der Waals surface area (Å²) in [5.41, 5.74) is 0. The molecule has 2 atom stereocenters. The van der Waals surface area contributed by atoms with Gasteiger partial charge in [-0.1, -0.05) is 6.42 Å². The zero-order valence-corrected chi connectivity index (χ0v) is 14.3. The number of carbonyl (C=O) groups is 1. The fourth-order valence-corrected chi connectivity index (χ4v) is 4.76. The van der Waals surface area contributed by atoms with Gasteiger partial charge in [-0.3, -0.25) is 14.6 Å². The van der Waals surface area contributed by atoms with Crippen molar-refractivity contribution in [1.29, 1.82) is 0 Å². The molecule has 0 spiro atoms. The second kappa shape index (κ2) is 7.08. The highest BCUT2D eigenvalue weighted by molar-refractivity contribution is 5.82. The monoisotopic (exact) mass is 321 g/mol. The summed E-state index contributed by atoms with van der Waals surface area (Å²) in [6.07, 6.45) is 8.57. The smallest absolute Gasteiger partial charge is 0.239 e. The maximum absolute atomic E-state index is 13.1.